The van der Waals surface area contributed by atoms with E-state index < -0.39 is 0 Å². The molecule has 0 aliphatic carbocycles. The molecule has 150 valence electrons. The van der Waals surface area contributed by atoms with E-state index >= 15 is 0 Å². The molecule has 0 atom stereocenters. The predicted octanol–water partition coefficient (Wildman–Crippen LogP) is 6.56. The summed E-state index contributed by atoms with van der Waals surface area (Å²) in [5, 5.41) is 15.1. The highest BCUT2D eigenvalue weighted by Gasteiger charge is 2.06. The molecule has 0 unspecified atom stereocenters. The fraction of sp³-hybridized carbons (Fsp3) is 0.348. The van der Waals surface area contributed by atoms with Gasteiger partial charge in [0.1, 0.15) is 11.8 Å². The third kappa shape index (κ3) is 6.58. The molecule has 0 saturated heterocycles. The largest absolute Gasteiger partial charge is 0.494 e. The predicted molar refractivity (Wildman–Crippen MR) is 119 cm³/mol. The van der Waals surface area contributed by atoms with Crippen molar-refractivity contribution < 1.29 is 4.74 Å². The molecule has 0 aliphatic rings. The van der Waals surface area contributed by atoms with Crippen LogP contribution in [0.4, 0.5) is 10.8 Å². The molecular formula is C23H26N4OS. The molecule has 0 bridgehead atoms. The van der Waals surface area contributed by atoms with Crippen LogP contribution in [0.5, 0.6) is 5.75 Å². The SMILES string of the molecule is CCCCCCCCOc1ccc(Nc2nc(-c3cncc(C#N)c3)cs2)cc1. The Kier molecular flexibility index (Phi) is 8.02. The normalized spacial score (nSPS) is 10.5. The monoisotopic (exact) mass is 406 g/mol. The lowest BCUT2D eigenvalue weighted by Gasteiger charge is -2.08. The Morgan fingerprint density at radius 1 is 1.07 bits per heavy atom. The summed E-state index contributed by atoms with van der Waals surface area (Å²) >= 11 is 1.52. The van der Waals surface area contributed by atoms with Crippen molar-refractivity contribution in [1.82, 2.24) is 9.97 Å². The van der Waals surface area contributed by atoms with Gasteiger partial charge in [-0.3, -0.25) is 4.98 Å². The van der Waals surface area contributed by atoms with Crippen molar-refractivity contribution in [3.63, 3.8) is 0 Å². The average Bonchev–Trinajstić information content (AvgIpc) is 3.23. The van der Waals surface area contributed by atoms with E-state index in [0.717, 1.165) is 40.9 Å². The van der Waals surface area contributed by atoms with Gasteiger partial charge in [0.25, 0.3) is 0 Å². The molecule has 2 aromatic heterocycles. The zero-order chi connectivity index (χ0) is 20.3. The van der Waals surface area contributed by atoms with E-state index in [-0.39, 0.29) is 0 Å². The van der Waals surface area contributed by atoms with Gasteiger partial charge in [-0.15, -0.1) is 11.3 Å². The van der Waals surface area contributed by atoms with Crippen molar-refractivity contribution in [1.29, 1.82) is 5.26 Å². The quantitative estimate of drug-likeness (QED) is 0.365. The summed E-state index contributed by atoms with van der Waals surface area (Å²) in [6.45, 7) is 3.01. The molecule has 2 heterocycles. The van der Waals surface area contributed by atoms with E-state index in [0.29, 0.717) is 5.56 Å². The first-order valence-electron chi connectivity index (χ1n) is 10.1. The third-order valence-electron chi connectivity index (χ3n) is 4.54. The van der Waals surface area contributed by atoms with Crippen molar-refractivity contribution in [2.45, 2.75) is 45.4 Å². The minimum Gasteiger partial charge on any atom is -0.494 e. The number of rotatable bonds is 11. The van der Waals surface area contributed by atoms with Gasteiger partial charge < -0.3 is 10.1 Å². The van der Waals surface area contributed by atoms with Gasteiger partial charge in [-0.1, -0.05) is 39.0 Å². The maximum Gasteiger partial charge on any atom is 0.187 e. The second-order valence-corrected chi connectivity index (χ2v) is 7.74. The number of ether oxygens (including phenoxy) is 1. The molecule has 1 N–H and O–H groups in total. The van der Waals surface area contributed by atoms with Crippen molar-refractivity contribution in [3.8, 4) is 23.1 Å². The Morgan fingerprint density at radius 3 is 2.66 bits per heavy atom. The van der Waals surface area contributed by atoms with Crippen LogP contribution in [-0.4, -0.2) is 16.6 Å². The van der Waals surface area contributed by atoms with Gasteiger partial charge >= 0.3 is 0 Å². The molecular weight excluding hydrogens is 380 g/mol. The first kappa shape index (κ1) is 20.8. The second kappa shape index (κ2) is 11.2. The summed E-state index contributed by atoms with van der Waals surface area (Å²) < 4.78 is 5.83. The van der Waals surface area contributed by atoms with Crippen LogP contribution in [0.3, 0.4) is 0 Å². The first-order valence-corrected chi connectivity index (χ1v) is 11.0. The van der Waals surface area contributed by atoms with E-state index in [9.17, 15) is 0 Å². The molecule has 0 fully saturated rings. The maximum atomic E-state index is 9.01. The number of hydrogen-bond donors (Lipinski definition) is 1. The molecule has 3 rings (SSSR count). The summed E-state index contributed by atoms with van der Waals surface area (Å²) in [6, 6.07) is 11.8. The number of hydrogen-bond acceptors (Lipinski definition) is 6. The summed E-state index contributed by atoms with van der Waals surface area (Å²) in [5.41, 5.74) is 3.14. The lowest BCUT2D eigenvalue weighted by Crippen LogP contribution is -1.97. The molecule has 0 amide bonds. The summed E-state index contributed by atoms with van der Waals surface area (Å²) in [7, 11) is 0. The second-order valence-electron chi connectivity index (χ2n) is 6.88. The number of aromatic nitrogens is 2. The Morgan fingerprint density at radius 2 is 1.86 bits per heavy atom. The highest BCUT2D eigenvalue weighted by molar-refractivity contribution is 7.14. The lowest BCUT2D eigenvalue weighted by molar-refractivity contribution is 0.304. The maximum absolute atomic E-state index is 9.01. The fourth-order valence-electron chi connectivity index (χ4n) is 2.94. The van der Waals surface area contributed by atoms with Crippen LogP contribution in [0.2, 0.25) is 0 Å². The molecule has 0 radical (unpaired) electrons. The number of thiazole rings is 1. The van der Waals surface area contributed by atoms with Crippen LogP contribution in [0, 0.1) is 11.3 Å². The van der Waals surface area contributed by atoms with E-state index in [1.165, 1.54) is 43.4 Å². The number of unbranched alkanes of at least 4 members (excludes halogenated alkanes) is 5. The van der Waals surface area contributed by atoms with Crippen LogP contribution < -0.4 is 10.1 Å². The van der Waals surface area contributed by atoms with Gasteiger partial charge in [0, 0.05) is 29.0 Å². The molecule has 29 heavy (non-hydrogen) atoms. The Hall–Kier alpha value is -2.91. The molecule has 6 heteroatoms. The molecule has 1 aromatic carbocycles. The fourth-order valence-corrected chi connectivity index (χ4v) is 3.68. The van der Waals surface area contributed by atoms with E-state index in [2.05, 4.69) is 28.3 Å². The van der Waals surface area contributed by atoms with Gasteiger partial charge in [-0.05, 0) is 36.8 Å². The number of nitrogens with zero attached hydrogens (tertiary/aromatic N) is 3. The standard InChI is InChI=1S/C23H26N4OS/c1-2-3-4-5-6-7-12-28-21-10-8-20(9-11-21)26-23-27-22(17-29-23)19-13-18(14-24)15-25-16-19/h8-11,13,15-17H,2-7,12H2,1H3,(H,26,27). The zero-order valence-electron chi connectivity index (χ0n) is 16.7. The Balaban J connectivity index is 1.48. The number of pyridine rings is 1. The highest BCUT2D eigenvalue weighted by atomic mass is 32.1. The number of nitriles is 1. The van der Waals surface area contributed by atoms with Crippen LogP contribution in [0.1, 0.15) is 51.0 Å². The molecule has 3 aromatic rings. The molecule has 0 saturated carbocycles. The van der Waals surface area contributed by atoms with Crippen LogP contribution in [-0.2, 0) is 0 Å². The smallest absolute Gasteiger partial charge is 0.187 e. The topological polar surface area (TPSA) is 70.8 Å². The number of benzene rings is 1. The van der Waals surface area contributed by atoms with Crippen LogP contribution in [0.15, 0.2) is 48.1 Å². The van der Waals surface area contributed by atoms with E-state index in [1.807, 2.05) is 29.6 Å². The van der Waals surface area contributed by atoms with Gasteiger partial charge in [-0.25, -0.2) is 4.98 Å². The van der Waals surface area contributed by atoms with Crippen molar-refractivity contribution in [3.05, 3.63) is 53.7 Å². The highest BCUT2D eigenvalue weighted by Crippen LogP contribution is 2.28. The van der Waals surface area contributed by atoms with Gasteiger partial charge in [0.05, 0.1) is 17.9 Å². The zero-order valence-corrected chi connectivity index (χ0v) is 17.5. The molecule has 5 nitrogen and oxygen atoms in total. The Labute approximate surface area is 176 Å². The van der Waals surface area contributed by atoms with E-state index in [1.54, 1.807) is 18.5 Å². The molecule has 0 aliphatic heterocycles. The lowest BCUT2D eigenvalue weighted by atomic mass is 10.1. The Bertz CT molecular complexity index is 931. The van der Waals surface area contributed by atoms with Gasteiger partial charge in [0.15, 0.2) is 5.13 Å². The van der Waals surface area contributed by atoms with Crippen LogP contribution >= 0.6 is 11.3 Å². The van der Waals surface area contributed by atoms with E-state index in [4.69, 9.17) is 10.00 Å². The van der Waals surface area contributed by atoms with Crippen molar-refractivity contribution >= 4 is 22.2 Å². The minimum absolute atomic E-state index is 0.529. The van der Waals surface area contributed by atoms with Gasteiger partial charge in [-0.2, -0.15) is 5.26 Å². The average molecular weight is 407 g/mol. The van der Waals surface area contributed by atoms with Gasteiger partial charge in [0.2, 0.25) is 0 Å². The van der Waals surface area contributed by atoms with Crippen molar-refractivity contribution in [2.24, 2.45) is 0 Å². The van der Waals surface area contributed by atoms with Crippen molar-refractivity contribution in [2.75, 3.05) is 11.9 Å². The molecule has 0 spiro atoms. The third-order valence-corrected chi connectivity index (χ3v) is 5.30. The summed E-state index contributed by atoms with van der Waals surface area (Å²) in [5.74, 6) is 0.892. The van der Waals surface area contributed by atoms with Crippen LogP contribution in [0.25, 0.3) is 11.3 Å². The number of anilines is 2. The first-order chi connectivity index (χ1) is 14.3. The summed E-state index contributed by atoms with van der Waals surface area (Å²) in [6.07, 6.45) is 10.8. The number of nitrogens with one attached hydrogen (secondary N) is 1. The summed E-state index contributed by atoms with van der Waals surface area (Å²) in [4.78, 5) is 8.68. The minimum atomic E-state index is 0.529.